The summed E-state index contributed by atoms with van der Waals surface area (Å²) >= 11 is 1.47. The maximum Gasteiger partial charge on any atom is 0.232 e. The molecule has 0 atom stereocenters. The molecule has 7 nitrogen and oxygen atoms in total. The van der Waals surface area contributed by atoms with Crippen LogP contribution >= 0.6 is 11.8 Å². The molecule has 0 radical (unpaired) electrons. The van der Waals surface area contributed by atoms with E-state index < -0.39 is 0 Å². The SMILES string of the molecule is O=C(CCC1CCN(C(=O)CSc2ccccn2)CC1)Nc1ccc2c(c1)OCCO2. The predicted molar refractivity (Wildman–Crippen MR) is 120 cm³/mol. The Hall–Kier alpha value is -2.74. The number of pyridine rings is 1. The summed E-state index contributed by atoms with van der Waals surface area (Å²) in [5, 5.41) is 3.81. The van der Waals surface area contributed by atoms with Crippen molar-refractivity contribution >= 4 is 29.3 Å². The van der Waals surface area contributed by atoms with Gasteiger partial charge >= 0.3 is 0 Å². The topological polar surface area (TPSA) is 80.8 Å². The molecule has 2 amide bonds. The summed E-state index contributed by atoms with van der Waals surface area (Å²) in [5.74, 6) is 2.43. The minimum atomic E-state index is 0.00180. The second kappa shape index (κ2) is 10.5. The molecular formula is C23H27N3O4S. The summed E-state index contributed by atoms with van der Waals surface area (Å²) in [4.78, 5) is 31.0. The number of carbonyl (C=O) groups is 2. The summed E-state index contributed by atoms with van der Waals surface area (Å²) < 4.78 is 11.1. The quantitative estimate of drug-likeness (QED) is 0.662. The number of anilines is 1. The van der Waals surface area contributed by atoms with Gasteiger partial charge < -0.3 is 19.7 Å². The Kier molecular flexibility index (Phi) is 7.30. The fourth-order valence-electron chi connectivity index (χ4n) is 3.81. The third kappa shape index (κ3) is 6.13. The Morgan fingerprint density at radius 1 is 1.10 bits per heavy atom. The second-order valence-corrected chi connectivity index (χ2v) is 8.72. The van der Waals surface area contributed by atoms with Crippen LogP contribution in [0.4, 0.5) is 5.69 Å². The average molecular weight is 442 g/mol. The molecule has 2 aliphatic heterocycles. The van der Waals surface area contributed by atoms with E-state index in [9.17, 15) is 9.59 Å². The number of piperidine rings is 1. The molecule has 0 spiro atoms. The van der Waals surface area contributed by atoms with E-state index in [1.54, 1.807) is 12.3 Å². The van der Waals surface area contributed by atoms with E-state index in [-0.39, 0.29) is 11.8 Å². The van der Waals surface area contributed by atoms with E-state index in [0.717, 1.165) is 43.1 Å². The summed E-state index contributed by atoms with van der Waals surface area (Å²) in [6, 6.07) is 11.2. The van der Waals surface area contributed by atoms with Crippen molar-refractivity contribution in [1.82, 2.24) is 9.88 Å². The normalized spacial score (nSPS) is 16.1. The highest BCUT2D eigenvalue weighted by molar-refractivity contribution is 7.99. The van der Waals surface area contributed by atoms with Crippen LogP contribution in [-0.2, 0) is 9.59 Å². The molecule has 1 N–H and O–H groups in total. The second-order valence-electron chi connectivity index (χ2n) is 7.73. The third-order valence-corrected chi connectivity index (χ3v) is 6.48. The Morgan fingerprint density at radius 2 is 1.90 bits per heavy atom. The first-order valence-corrected chi connectivity index (χ1v) is 11.7. The van der Waals surface area contributed by atoms with Gasteiger partial charge in [-0.1, -0.05) is 17.8 Å². The number of benzene rings is 1. The molecule has 2 aromatic rings. The lowest BCUT2D eigenvalue weighted by Gasteiger charge is -2.32. The number of amides is 2. The lowest BCUT2D eigenvalue weighted by Crippen LogP contribution is -2.39. The minimum Gasteiger partial charge on any atom is -0.486 e. The van der Waals surface area contributed by atoms with Crippen LogP contribution < -0.4 is 14.8 Å². The average Bonchev–Trinajstić information content (AvgIpc) is 2.82. The van der Waals surface area contributed by atoms with E-state index in [0.29, 0.717) is 42.8 Å². The largest absolute Gasteiger partial charge is 0.486 e. The van der Waals surface area contributed by atoms with Gasteiger partial charge in [-0.15, -0.1) is 0 Å². The molecule has 0 saturated carbocycles. The van der Waals surface area contributed by atoms with Crippen LogP contribution in [0.3, 0.4) is 0 Å². The summed E-state index contributed by atoms with van der Waals surface area (Å²) in [5.41, 5.74) is 0.722. The molecule has 0 bridgehead atoms. The fourth-order valence-corrected chi connectivity index (χ4v) is 4.57. The molecule has 1 aromatic carbocycles. The molecule has 1 saturated heterocycles. The zero-order valence-electron chi connectivity index (χ0n) is 17.4. The maximum absolute atomic E-state index is 12.4. The Labute approximate surface area is 186 Å². The molecule has 31 heavy (non-hydrogen) atoms. The highest BCUT2D eigenvalue weighted by Crippen LogP contribution is 2.32. The number of thioether (sulfide) groups is 1. The van der Waals surface area contributed by atoms with E-state index in [1.165, 1.54) is 11.8 Å². The molecular weight excluding hydrogens is 414 g/mol. The van der Waals surface area contributed by atoms with Crippen LogP contribution in [0.5, 0.6) is 11.5 Å². The molecule has 0 aliphatic carbocycles. The first-order chi connectivity index (χ1) is 15.2. The minimum absolute atomic E-state index is 0.00180. The molecule has 4 rings (SSSR count). The number of carbonyl (C=O) groups excluding carboxylic acids is 2. The van der Waals surface area contributed by atoms with Gasteiger partial charge in [0.1, 0.15) is 13.2 Å². The first-order valence-electron chi connectivity index (χ1n) is 10.7. The smallest absolute Gasteiger partial charge is 0.232 e. The lowest BCUT2D eigenvalue weighted by molar-refractivity contribution is -0.130. The van der Waals surface area contributed by atoms with E-state index in [4.69, 9.17) is 9.47 Å². The van der Waals surface area contributed by atoms with Crippen LogP contribution in [0.15, 0.2) is 47.6 Å². The molecule has 0 unspecified atom stereocenters. The first kappa shape index (κ1) is 21.5. The molecule has 1 fully saturated rings. The van der Waals surface area contributed by atoms with Gasteiger partial charge in [0.25, 0.3) is 0 Å². The lowest BCUT2D eigenvalue weighted by atomic mass is 9.92. The number of likely N-dealkylation sites (tertiary alicyclic amines) is 1. The molecule has 3 heterocycles. The van der Waals surface area contributed by atoms with Crippen LogP contribution in [0, 0.1) is 5.92 Å². The number of nitrogens with zero attached hydrogens (tertiary/aromatic N) is 2. The van der Waals surface area contributed by atoms with Crippen molar-refractivity contribution in [2.45, 2.75) is 30.7 Å². The Morgan fingerprint density at radius 3 is 2.68 bits per heavy atom. The van der Waals surface area contributed by atoms with Crippen molar-refractivity contribution in [3.63, 3.8) is 0 Å². The highest BCUT2D eigenvalue weighted by Gasteiger charge is 2.23. The third-order valence-electron chi connectivity index (χ3n) is 5.55. The number of hydrogen-bond acceptors (Lipinski definition) is 6. The van der Waals surface area contributed by atoms with Gasteiger partial charge in [0.05, 0.1) is 10.8 Å². The fraction of sp³-hybridized carbons (Fsp3) is 0.435. The van der Waals surface area contributed by atoms with Crippen LogP contribution in [0.2, 0.25) is 0 Å². The number of aromatic nitrogens is 1. The van der Waals surface area contributed by atoms with E-state index >= 15 is 0 Å². The summed E-state index contributed by atoms with van der Waals surface area (Å²) in [6.45, 7) is 2.59. The van der Waals surface area contributed by atoms with Gasteiger partial charge in [-0.25, -0.2) is 4.98 Å². The number of nitrogens with one attached hydrogen (secondary N) is 1. The Bertz CT molecular complexity index is 901. The van der Waals surface area contributed by atoms with Crippen molar-refractivity contribution in [1.29, 1.82) is 0 Å². The molecule has 2 aliphatic rings. The highest BCUT2D eigenvalue weighted by atomic mass is 32.2. The van der Waals surface area contributed by atoms with Gasteiger partial charge in [-0.2, -0.15) is 0 Å². The molecule has 1 aromatic heterocycles. The van der Waals surface area contributed by atoms with Crippen molar-refractivity contribution in [3.8, 4) is 11.5 Å². The van der Waals surface area contributed by atoms with Gasteiger partial charge in [0, 0.05) is 37.5 Å². The number of ether oxygens (including phenoxy) is 2. The van der Waals surface area contributed by atoms with E-state index in [2.05, 4.69) is 10.3 Å². The zero-order valence-corrected chi connectivity index (χ0v) is 18.2. The monoisotopic (exact) mass is 441 g/mol. The zero-order chi connectivity index (χ0) is 21.5. The van der Waals surface area contributed by atoms with Crippen LogP contribution in [0.25, 0.3) is 0 Å². The van der Waals surface area contributed by atoms with Crippen LogP contribution in [0.1, 0.15) is 25.7 Å². The number of hydrogen-bond donors (Lipinski definition) is 1. The van der Waals surface area contributed by atoms with Crippen molar-refractivity contribution in [2.75, 3.05) is 37.4 Å². The Balaban J connectivity index is 1.15. The van der Waals surface area contributed by atoms with Gasteiger partial charge in [-0.05, 0) is 49.4 Å². The summed E-state index contributed by atoms with van der Waals surface area (Å²) in [6.07, 6.45) is 4.93. The van der Waals surface area contributed by atoms with Gasteiger partial charge in [-0.3, -0.25) is 9.59 Å². The standard InChI is InChI=1S/C23H27N3O4S/c27-21(25-18-5-6-19-20(15-18)30-14-13-29-19)7-4-17-8-11-26(12-9-17)23(28)16-31-22-3-1-2-10-24-22/h1-3,5-6,10,15,17H,4,7-9,11-14,16H2,(H,25,27). The molecule has 8 heteroatoms. The van der Waals surface area contributed by atoms with Gasteiger partial charge in [0.2, 0.25) is 11.8 Å². The van der Waals surface area contributed by atoms with Crippen molar-refractivity contribution < 1.29 is 19.1 Å². The number of rotatable bonds is 7. The number of fused-ring (bicyclic) bond motifs is 1. The van der Waals surface area contributed by atoms with Crippen molar-refractivity contribution in [2.24, 2.45) is 5.92 Å². The van der Waals surface area contributed by atoms with Crippen LogP contribution in [-0.4, -0.2) is 53.8 Å². The predicted octanol–water partition coefficient (Wildman–Crippen LogP) is 3.60. The maximum atomic E-state index is 12.4. The van der Waals surface area contributed by atoms with Gasteiger partial charge in [0.15, 0.2) is 11.5 Å². The molecule has 164 valence electrons. The summed E-state index contributed by atoms with van der Waals surface area (Å²) in [7, 11) is 0. The van der Waals surface area contributed by atoms with Crippen molar-refractivity contribution in [3.05, 3.63) is 42.6 Å². The van der Waals surface area contributed by atoms with E-state index in [1.807, 2.05) is 35.2 Å².